The van der Waals surface area contributed by atoms with Gasteiger partial charge in [-0.15, -0.1) is 0 Å². The molecule has 1 aromatic carbocycles. The molecule has 0 heterocycles. The monoisotopic (exact) mass is 260 g/mol. The van der Waals surface area contributed by atoms with Crippen molar-refractivity contribution in [3.8, 4) is 5.75 Å². The minimum Gasteiger partial charge on any atom is -0.507 e. The largest absolute Gasteiger partial charge is 0.507 e. The van der Waals surface area contributed by atoms with Crippen molar-refractivity contribution in [2.75, 3.05) is 5.33 Å². The second-order valence-corrected chi connectivity index (χ2v) is 3.81. The van der Waals surface area contributed by atoms with Crippen LogP contribution < -0.4 is 0 Å². The van der Waals surface area contributed by atoms with Crippen LogP contribution in [0.1, 0.15) is 12.0 Å². The van der Waals surface area contributed by atoms with E-state index in [0.717, 1.165) is 17.3 Å². The van der Waals surface area contributed by atoms with E-state index in [1.54, 1.807) is 18.2 Å². The van der Waals surface area contributed by atoms with Gasteiger partial charge >= 0.3 is 0 Å². The van der Waals surface area contributed by atoms with Crippen LogP contribution in [-0.2, 0) is 0 Å². The molecule has 0 fully saturated rings. The lowest BCUT2D eigenvalue weighted by Gasteiger charge is -1.98. The van der Waals surface area contributed by atoms with Crippen molar-refractivity contribution in [1.29, 1.82) is 0 Å². The molecule has 0 unspecified atom stereocenters. The summed E-state index contributed by atoms with van der Waals surface area (Å²) in [6, 6.07) is 5.00. The molecular formula is C10H10BrClO. The predicted octanol–water partition coefficient (Wildman–Crippen LogP) is 3.84. The molecule has 1 aromatic rings. The van der Waals surface area contributed by atoms with Gasteiger partial charge in [-0.2, -0.15) is 0 Å². The molecular weight excluding hydrogens is 251 g/mol. The molecule has 3 heteroatoms. The Kier molecular flexibility index (Phi) is 4.33. The minimum absolute atomic E-state index is 0.259. The van der Waals surface area contributed by atoms with Gasteiger partial charge in [0.25, 0.3) is 0 Å². The third-order valence-corrected chi connectivity index (χ3v) is 2.26. The number of alkyl halides is 1. The Morgan fingerprint density at radius 2 is 2.23 bits per heavy atom. The van der Waals surface area contributed by atoms with Gasteiger partial charge in [0.1, 0.15) is 5.75 Å². The van der Waals surface area contributed by atoms with Gasteiger partial charge in [-0.1, -0.05) is 39.7 Å². The molecule has 1 nitrogen and oxygen atoms in total. The quantitative estimate of drug-likeness (QED) is 0.820. The number of phenols is 1. The first kappa shape index (κ1) is 10.6. The molecule has 13 heavy (non-hydrogen) atoms. The van der Waals surface area contributed by atoms with Crippen LogP contribution in [0, 0.1) is 0 Å². The van der Waals surface area contributed by atoms with E-state index in [4.69, 9.17) is 11.6 Å². The summed E-state index contributed by atoms with van der Waals surface area (Å²) < 4.78 is 0. The number of halogens is 2. The molecule has 0 bridgehead atoms. The summed E-state index contributed by atoms with van der Waals surface area (Å²) in [6.45, 7) is 0. The van der Waals surface area contributed by atoms with Crippen LogP contribution in [0.5, 0.6) is 5.75 Å². The van der Waals surface area contributed by atoms with E-state index in [1.807, 2.05) is 12.2 Å². The molecule has 1 rings (SSSR count). The molecule has 0 aliphatic carbocycles. The molecule has 0 saturated carbocycles. The summed E-state index contributed by atoms with van der Waals surface area (Å²) in [5.41, 5.74) is 0.758. The van der Waals surface area contributed by atoms with E-state index in [1.165, 1.54) is 0 Å². The van der Waals surface area contributed by atoms with Crippen molar-refractivity contribution in [2.24, 2.45) is 0 Å². The van der Waals surface area contributed by atoms with E-state index < -0.39 is 0 Å². The van der Waals surface area contributed by atoms with Crippen molar-refractivity contribution < 1.29 is 5.11 Å². The standard InChI is InChI=1S/C10H10BrClO/c11-6-2-1-3-8-7-9(12)4-5-10(8)13/h1,3-5,7,13H,2,6H2. The highest BCUT2D eigenvalue weighted by Crippen LogP contribution is 2.22. The summed E-state index contributed by atoms with van der Waals surface area (Å²) in [6.07, 6.45) is 4.79. The highest BCUT2D eigenvalue weighted by molar-refractivity contribution is 9.09. The van der Waals surface area contributed by atoms with Crippen LogP contribution in [0.3, 0.4) is 0 Å². The average molecular weight is 262 g/mol. The van der Waals surface area contributed by atoms with Crippen LogP contribution in [0.4, 0.5) is 0 Å². The van der Waals surface area contributed by atoms with Crippen LogP contribution in [0.15, 0.2) is 24.3 Å². The van der Waals surface area contributed by atoms with E-state index in [2.05, 4.69) is 15.9 Å². The molecule has 0 aliphatic rings. The summed E-state index contributed by atoms with van der Waals surface area (Å²) in [5, 5.41) is 11.0. The number of aromatic hydroxyl groups is 1. The fourth-order valence-electron chi connectivity index (χ4n) is 0.932. The summed E-state index contributed by atoms with van der Waals surface area (Å²) in [5.74, 6) is 0.259. The number of allylic oxidation sites excluding steroid dienone is 1. The highest BCUT2D eigenvalue weighted by Gasteiger charge is 1.96. The Hall–Kier alpha value is -0.470. The van der Waals surface area contributed by atoms with Gasteiger partial charge in [-0.3, -0.25) is 0 Å². The molecule has 0 aliphatic heterocycles. The Morgan fingerprint density at radius 1 is 1.46 bits per heavy atom. The second-order valence-electron chi connectivity index (χ2n) is 2.58. The van der Waals surface area contributed by atoms with Crippen molar-refractivity contribution >= 4 is 33.6 Å². The topological polar surface area (TPSA) is 20.2 Å². The van der Waals surface area contributed by atoms with E-state index >= 15 is 0 Å². The molecule has 0 spiro atoms. The average Bonchev–Trinajstić information content (AvgIpc) is 2.11. The van der Waals surface area contributed by atoms with Gasteiger partial charge in [0, 0.05) is 15.9 Å². The zero-order chi connectivity index (χ0) is 9.68. The summed E-state index contributed by atoms with van der Waals surface area (Å²) in [4.78, 5) is 0. The van der Waals surface area contributed by atoms with Crippen LogP contribution >= 0.6 is 27.5 Å². The Balaban J connectivity index is 2.81. The SMILES string of the molecule is Oc1ccc(Cl)cc1C=CCCBr. The maximum absolute atomic E-state index is 9.41. The molecule has 1 N–H and O–H groups in total. The number of hydrogen-bond donors (Lipinski definition) is 1. The minimum atomic E-state index is 0.259. The van der Waals surface area contributed by atoms with Gasteiger partial charge in [0.2, 0.25) is 0 Å². The van der Waals surface area contributed by atoms with Crippen LogP contribution in [0.25, 0.3) is 6.08 Å². The lowest BCUT2D eigenvalue weighted by atomic mass is 10.2. The number of phenolic OH excluding ortho intramolecular Hbond substituents is 1. The zero-order valence-electron chi connectivity index (χ0n) is 7.00. The summed E-state index contributed by atoms with van der Waals surface area (Å²) in [7, 11) is 0. The molecule has 0 atom stereocenters. The predicted molar refractivity (Wildman–Crippen MR) is 60.6 cm³/mol. The summed E-state index contributed by atoms with van der Waals surface area (Å²) >= 11 is 9.09. The lowest BCUT2D eigenvalue weighted by molar-refractivity contribution is 0.474. The van der Waals surface area contributed by atoms with Crippen LogP contribution in [-0.4, -0.2) is 10.4 Å². The molecule has 0 radical (unpaired) electrons. The Bertz CT molecular complexity index is 310. The van der Waals surface area contributed by atoms with Gasteiger partial charge in [0.05, 0.1) is 0 Å². The first-order chi connectivity index (χ1) is 6.24. The van der Waals surface area contributed by atoms with E-state index in [-0.39, 0.29) is 5.75 Å². The lowest BCUT2D eigenvalue weighted by Crippen LogP contribution is -1.75. The first-order valence-electron chi connectivity index (χ1n) is 3.95. The van der Waals surface area contributed by atoms with E-state index in [0.29, 0.717) is 5.02 Å². The van der Waals surface area contributed by atoms with Crippen molar-refractivity contribution in [1.82, 2.24) is 0 Å². The highest BCUT2D eigenvalue weighted by atomic mass is 79.9. The zero-order valence-corrected chi connectivity index (χ0v) is 9.35. The Morgan fingerprint density at radius 3 is 2.92 bits per heavy atom. The smallest absolute Gasteiger partial charge is 0.122 e. The van der Waals surface area contributed by atoms with E-state index in [9.17, 15) is 5.11 Å². The maximum atomic E-state index is 9.41. The molecule has 0 amide bonds. The first-order valence-corrected chi connectivity index (χ1v) is 5.45. The molecule has 0 saturated heterocycles. The van der Waals surface area contributed by atoms with Gasteiger partial charge in [0.15, 0.2) is 0 Å². The van der Waals surface area contributed by atoms with Crippen molar-refractivity contribution in [2.45, 2.75) is 6.42 Å². The normalized spacial score (nSPS) is 10.9. The third kappa shape index (κ3) is 3.41. The molecule has 70 valence electrons. The van der Waals surface area contributed by atoms with Crippen molar-refractivity contribution in [3.05, 3.63) is 34.9 Å². The Labute approximate surface area is 91.2 Å². The van der Waals surface area contributed by atoms with Gasteiger partial charge in [-0.05, 0) is 24.6 Å². The second kappa shape index (κ2) is 5.30. The maximum Gasteiger partial charge on any atom is 0.122 e. The molecule has 0 aromatic heterocycles. The fourth-order valence-corrected chi connectivity index (χ4v) is 1.38. The number of benzene rings is 1. The fraction of sp³-hybridized carbons (Fsp3) is 0.200. The van der Waals surface area contributed by atoms with Gasteiger partial charge in [-0.25, -0.2) is 0 Å². The number of hydrogen-bond acceptors (Lipinski definition) is 1. The van der Waals surface area contributed by atoms with Gasteiger partial charge < -0.3 is 5.11 Å². The van der Waals surface area contributed by atoms with Crippen LogP contribution in [0.2, 0.25) is 5.02 Å². The van der Waals surface area contributed by atoms with Crippen molar-refractivity contribution in [3.63, 3.8) is 0 Å². The number of rotatable bonds is 3. The third-order valence-electron chi connectivity index (χ3n) is 1.56.